The van der Waals surface area contributed by atoms with Crippen LogP contribution >= 0.6 is 41.6 Å². The summed E-state index contributed by atoms with van der Waals surface area (Å²) in [5.41, 5.74) is 0.0965. The molecule has 0 saturated heterocycles. The van der Waals surface area contributed by atoms with Crippen molar-refractivity contribution in [3.05, 3.63) is 40.6 Å². The summed E-state index contributed by atoms with van der Waals surface area (Å²) < 4.78 is 11.9. The first-order chi connectivity index (χ1) is 10.0. The lowest BCUT2D eigenvalue weighted by Crippen LogP contribution is -2.09. The van der Waals surface area contributed by atoms with Crippen LogP contribution in [0.4, 0.5) is 0 Å². The summed E-state index contributed by atoms with van der Waals surface area (Å²) in [6, 6.07) is 7.29. The first-order valence-electron chi connectivity index (χ1n) is 5.78. The van der Waals surface area contributed by atoms with Crippen molar-refractivity contribution in [3.63, 3.8) is 0 Å². The standard InChI is InChI=1S/C13H9O4PS3/c14-7-8-11(18(15,16)17)13(10-4-2-6-20-10)21-12(8)9-3-1-5-19-9/h1-7H,(H2,15,16,17). The molecule has 108 valence electrons. The maximum absolute atomic E-state index is 11.9. The van der Waals surface area contributed by atoms with E-state index in [1.54, 1.807) is 6.07 Å². The summed E-state index contributed by atoms with van der Waals surface area (Å²) >= 11 is 4.08. The molecule has 2 N–H and O–H groups in total. The van der Waals surface area contributed by atoms with Crippen LogP contribution in [0.25, 0.3) is 19.5 Å². The van der Waals surface area contributed by atoms with Crippen molar-refractivity contribution in [2.45, 2.75) is 0 Å². The first-order valence-corrected chi connectivity index (χ1v) is 9.97. The predicted octanol–water partition coefficient (Wildman–Crippen LogP) is 3.82. The van der Waals surface area contributed by atoms with E-state index in [0.29, 0.717) is 16.0 Å². The number of rotatable bonds is 4. The topological polar surface area (TPSA) is 74.6 Å². The van der Waals surface area contributed by atoms with Crippen molar-refractivity contribution in [1.82, 2.24) is 0 Å². The fourth-order valence-corrected chi connectivity index (χ4v) is 6.40. The normalized spacial score (nSPS) is 11.7. The van der Waals surface area contributed by atoms with Gasteiger partial charge in [0, 0.05) is 15.3 Å². The number of carbonyl (C=O) groups is 1. The van der Waals surface area contributed by atoms with Gasteiger partial charge in [-0.2, -0.15) is 0 Å². The fourth-order valence-electron chi connectivity index (χ4n) is 2.00. The highest BCUT2D eigenvalue weighted by Gasteiger charge is 2.32. The molecule has 4 nitrogen and oxygen atoms in total. The molecule has 0 aliphatic rings. The van der Waals surface area contributed by atoms with Crippen molar-refractivity contribution in [2.24, 2.45) is 0 Å². The number of hydrogen-bond acceptors (Lipinski definition) is 5. The molecule has 0 aromatic carbocycles. The van der Waals surface area contributed by atoms with Crippen LogP contribution in [-0.4, -0.2) is 16.1 Å². The van der Waals surface area contributed by atoms with Gasteiger partial charge < -0.3 is 9.79 Å². The van der Waals surface area contributed by atoms with Crippen LogP contribution in [0.1, 0.15) is 10.4 Å². The van der Waals surface area contributed by atoms with Gasteiger partial charge in [-0.3, -0.25) is 9.36 Å². The smallest absolute Gasteiger partial charge is 0.321 e. The van der Waals surface area contributed by atoms with Gasteiger partial charge in [-0.1, -0.05) is 12.1 Å². The zero-order chi connectivity index (χ0) is 15.0. The molecule has 8 heteroatoms. The molecule has 21 heavy (non-hydrogen) atoms. The van der Waals surface area contributed by atoms with Crippen LogP contribution in [0.5, 0.6) is 0 Å². The van der Waals surface area contributed by atoms with Gasteiger partial charge in [0.15, 0.2) is 6.29 Å². The minimum Gasteiger partial charge on any atom is -0.321 e. The quantitative estimate of drug-likeness (QED) is 0.550. The van der Waals surface area contributed by atoms with Crippen LogP contribution in [0.2, 0.25) is 0 Å². The molecule has 0 aliphatic heterocycles. The van der Waals surface area contributed by atoms with Crippen molar-refractivity contribution < 1.29 is 19.1 Å². The Balaban J connectivity index is 2.35. The SMILES string of the molecule is O=Cc1c(-c2cccs2)sc(-c2cccs2)c1P(=O)(O)O. The Labute approximate surface area is 132 Å². The molecule has 0 fully saturated rings. The third-order valence-corrected chi connectivity index (χ3v) is 7.32. The minimum atomic E-state index is -4.54. The molecule has 3 heterocycles. The molecule has 0 amide bonds. The zero-order valence-electron chi connectivity index (χ0n) is 10.4. The van der Waals surface area contributed by atoms with Crippen LogP contribution < -0.4 is 5.30 Å². The van der Waals surface area contributed by atoms with Crippen LogP contribution in [0.15, 0.2) is 35.0 Å². The van der Waals surface area contributed by atoms with Crippen molar-refractivity contribution in [3.8, 4) is 19.5 Å². The molecule has 3 aromatic heterocycles. The van der Waals surface area contributed by atoms with E-state index < -0.39 is 7.60 Å². The van der Waals surface area contributed by atoms with E-state index in [0.717, 1.165) is 9.75 Å². The lowest BCUT2D eigenvalue weighted by atomic mass is 10.2. The molecular weight excluding hydrogens is 347 g/mol. The van der Waals surface area contributed by atoms with Gasteiger partial charge in [0.05, 0.1) is 15.1 Å². The zero-order valence-corrected chi connectivity index (χ0v) is 13.8. The Bertz CT molecular complexity index is 812. The lowest BCUT2D eigenvalue weighted by Gasteiger charge is -2.05. The molecule has 0 saturated carbocycles. The van der Waals surface area contributed by atoms with E-state index in [4.69, 9.17) is 0 Å². The Kier molecular flexibility index (Phi) is 3.96. The van der Waals surface area contributed by atoms with E-state index in [2.05, 4.69) is 0 Å². The van der Waals surface area contributed by atoms with Gasteiger partial charge in [0.25, 0.3) is 0 Å². The summed E-state index contributed by atoms with van der Waals surface area (Å²) in [5, 5.41) is 3.54. The second-order valence-electron chi connectivity index (χ2n) is 4.14. The monoisotopic (exact) mass is 356 g/mol. The van der Waals surface area contributed by atoms with E-state index in [1.165, 1.54) is 34.0 Å². The molecule has 0 atom stereocenters. The highest BCUT2D eigenvalue weighted by molar-refractivity contribution is 7.62. The summed E-state index contributed by atoms with van der Waals surface area (Å²) in [5.74, 6) is 0. The minimum absolute atomic E-state index is 0.0965. The van der Waals surface area contributed by atoms with E-state index in [9.17, 15) is 19.1 Å². The van der Waals surface area contributed by atoms with E-state index in [1.807, 2.05) is 29.0 Å². The molecular formula is C13H9O4PS3. The number of hydrogen-bond donors (Lipinski definition) is 2. The summed E-state index contributed by atoms with van der Waals surface area (Å²) in [4.78, 5) is 33.4. The van der Waals surface area contributed by atoms with E-state index in [-0.39, 0.29) is 10.9 Å². The van der Waals surface area contributed by atoms with Gasteiger partial charge >= 0.3 is 7.60 Å². The number of carbonyl (C=O) groups excluding carboxylic acids is 1. The van der Waals surface area contributed by atoms with Gasteiger partial charge in [0.1, 0.15) is 0 Å². The van der Waals surface area contributed by atoms with E-state index >= 15 is 0 Å². The molecule has 0 aliphatic carbocycles. The van der Waals surface area contributed by atoms with Gasteiger partial charge in [0.2, 0.25) is 0 Å². The van der Waals surface area contributed by atoms with Crippen molar-refractivity contribution >= 4 is 53.2 Å². The molecule has 0 radical (unpaired) electrons. The average Bonchev–Trinajstić information content (AvgIpc) is 3.16. The largest absolute Gasteiger partial charge is 0.358 e. The molecule has 0 unspecified atom stereocenters. The highest BCUT2D eigenvalue weighted by Crippen LogP contribution is 2.48. The molecule has 3 rings (SSSR count). The van der Waals surface area contributed by atoms with Gasteiger partial charge in [-0.15, -0.1) is 34.0 Å². The second kappa shape index (κ2) is 5.61. The summed E-state index contributed by atoms with van der Waals surface area (Å²) in [7, 11) is -4.54. The maximum atomic E-state index is 11.9. The first kappa shape index (κ1) is 14.8. The third kappa shape index (κ3) is 2.68. The van der Waals surface area contributed by atoms with Crippen molar-refractivity contribution in [2.75, 3.05) is 0 Å². The van der Waals surface area contributed by atoms with Crippen LogP contribution in [0, 0.1) is 0 Å². The maximum Gasteiger partial charge on any atom is 0.358 e. The molecule has 0 bridgehead atoms. The Morgan fingerprint density at radius 3 is 2.00 bits per heavy atom. The van der Waals surface area contributed by atoms with Crippen LogP contribution in [0.3, 0.4) is 0 Å². The fraction of sp³-hybridized carbons (Fsp3) is 0. The Morgan fingerprint density at radius 2 is 1.57 bits per heavy atom. The molecule has 3 aromatic rings. The Hall–Kier alpha value is -1.08. The number of thiophene rings is 3. The number of aldehydes is 1. The molecule has 0 spiro atoms. The third-order valence-electron chi connectivity index (χ3n) is 2.82. The Morgan fingerprint density at radius 1 is 1.00 bits per heavy atom. The highest BCUT2D eigenvalue weighted by atomic mass is 32.1. The predicted molar refractivity (Wildman–Crippen MR) is 88.0 cm³/mol. The van der Waals surface area contributed by atoms with Crippen molar-refractivity contribution in [1.29, 1.82) is 0 Å². The summed E-state index contributed by atoms with van der Waals surface area (Å²) in [6.45, 7) is 0. The lowest BCUT2D eigenvalue weighted by molar-refractivity contribution is 0.112. The van der Waals surface area contributed by atoms with Crippen LogP contribution in [-0.2, 0) is 4.57 Å². The van der Waals surface area contributed by atoms with Gasteiger partial charge in [-0.25, -0.2) is 0 Å². The second-order valence-corrected chi connectivity index (χ2v) is 8.59. The average molecular weight is 356 g/mol. The van der Waals surface area contributed by atoms with Gasteiger partial charge in [-0.05, 0) is 22.9 Å². The summed E-state index contributed by atoms with van der Waals surface area (Å²) in [6.07, 6.45) is 0.539.